The van der Waals surface area contributed by atoms with Gasteiger partial charge in [-0.3, -0.25) is 9.59 Å². The summed E-state index contributed by atoms with van der Waals surface area (Å²) in [4.78, 5) is 22.8. The molecule has 2 N–H and O–H groups in total. The molecule has 0 aromatic carbocycles. The summed E-state index contributed by atoms with van der Waals surface area (Å²) < 4.78 is 0. The highest BCUT2D eigenvalue weighted by molar-refractivity contribution is 5.80. The molecule has 0 unspecified atom stereocenters. The fourth-order valence-corrected chi connectivity index (χ4v) is 2.83. The second-order valence-electron chi connectivity index (χ2n) is 5.79. The Balaban J connectivity index is 1.80. The number of nitrogens with one attached hydrogen (secondary N) is 1. The summed E-state index contributed by atoms with van der Waals surface area (Å²) in [5, 5.41) is 12.0. The number of carboxylic acids is 1. The van der Waals surface area contributed by atoms with Gasteiger partial charge in [0.25, 0.3) is 0 Å². The predicted octanol–water partition coefficient (Wildman–Crippen LogP) is 1.94. The van der Waals surface area contributed by atoms with Crippen LogP contribution in [0.1, 0.15) is 51.9 Å². The quantitative estimate of drug-likeness (QED) is 0.791. The summed E-state index contributed by atoms with van der Waals surface area (Å²) in [6.07, 6.45) is 6.07. The molecule has 2 saturated carbocycles. The zero-order chi connectivity index (χ0) is 12.5. The van der Waals surface area contributed by atoms with Crippen LogP contribution in [0.3, 0.4) is 0 Å². The van der Waals surface area contributed by atoms with Crippen molar-refractivity contribution in [3.8, 4) is 0 Å². The maximum absolute atomic E-state index is 12.0. The van der Waals surface area contributed by atoms with E-state index in [0.29, 0.717) is 12.8 Å². The topological polar surface area (TPSA) is 66.4 Å². The lowest BCUT2D eigenvalue weighted by Crippen LogP contribution is -2.53. The number of rotatable bonds is 3. The van der Waals surface area contributed by atoms with Gasteiger partial charge in [-0.05, 0) is 51.9 Å². The summed E-state index contributed by atoms with van der Waals surface area (Å²) in [5.74, 6) is -0.785. The molecule has 2 fully saturated rings. The van der Waals surface area contributed by atoms with Gasteiger partial charge in [0.05, 0.1) is 5.92 Å². The van der Waals surface area contributed by atoms with Gasteiger partial charge in [0, 0.05) is 11.5 Å². The minimum absolute atomic E-state index is 0.0146. The zero-order valence-corrected chi connectivity index (χ0v) is 10.4. The van der Waals surface area contributed by atoms with Gasteiger partial charge in [-0.2, -0.15) is 0 Å². The molecule has 0 bridgehead atoms. The van der Waals surface area contributed by atoms with Gasteiger partial charge in [0.2, 0.25) is 5.91 Å². The van der Waals surface area contributed by atoms with Crippen LogP contribution in [-0.4, -0.2) is 22.5 Å². The first-order valence-corrected chi connectivity index (χ1v) is 6.55. The van der Waals surface area contributed by atoms with Gasteiger partial charge in [0.1, 0.15) is 0 Å². The van der Waals surface area contributed by atoms with Gasteiger partial charge in [-0.15, -0.1) is 0 Å². The van der Waals surface area contributed by atoms with Crippen LogP contribution in [-0.2, 0) is 9.59 Å². The highest BCUT2D eigenvalue weighted by atomic mass is 16.4. The SMILES string of the molecule is CC1(NC(=O)C2CCC(C(=O)O)CC2)CCC1. The van der Waals surface area contributed by atoms with Gasteiger partial charge < -0.3 is 10.4 Å². The molecule has 2 aliphatic rings. The molecule has 0 saturated heterocycles. The molecular weight excluding hydrogens is 218 g/mol. The predicted molar refractivity (Wildman–Crippen MR) is 63.5 cm³/mol. The van der Waals surface area contributed by atoms with Crippen LogP contribution in [0, 0.1) is 11.8 Å². The van der Waals surface area contributed by atoms with Crippen molar-refractivity contribution >= 4 is 11.9 Å². The van der Waals surface area contributed by atoms with E-state index in [2.05, 4.69) is 12.2 Å². The second kappa shape index (κ2) is 4.67. The van der Waals surface area contributed by atoms with Crippen molar-refractivity contribution < 1.29 is 14.7 Å². The third-order valence-corrected chi connectivity index (χ3v) is 4.33. The first kappa shape index (κ1) is 12.4. The molecule has 4 heteroatoms. The number of carboxylic acid groups (broad SMARTS) is 1. The molecule has 0 aliphatic heterocycles. The highest BCUT2D eigenvalue weighted by Gasteiger charge is 2.36. The number of aliphatic carboxylic acids is 1. The van der Waals surface area contributed by atoms with Crippen molar-refractivity contribution in [3.63, 3.8) is 0 Å². The Morgan fingerprint density at radius 3 is 2.06 bits per heavy atom. The number of carbonyl (C=O) groups excluding carboxylic acids is 1. The molecule has 0 aromatic heterocycles. The smallest absolute Gasteiger partial charge is 0.306 e. The molecule has 2 aliphatic carbocycles. The third kappa shape index (κ3) is 2.79. The average Bonchev–Trinajstić information content (AvgIpc) is 2.27. The maximum atomic E-state index is 12.0. The van der Waals surface area contributed by atoms with Crippen LogP contribution in [0.25, 0.3) is 0 Å². The van der Waals surface area contributed by atoms with Crippen molar-refractivity contribution in [2.75, 3.05) is 0 Å². The minimum atomic E-state index is -0.713. The minimum Gasteiger partial charge on any atom is -0.481 e. The van der Waals surface area contributed by atoms with E-state index in [1.54, 1.807) is 0 Å². The summed E-state index contributed by atoms with van der Waals surface area (Å²) >= 11 is 0. The van der Waals surface area contributed by atoms with Crippen molar-refractivity contribution in [3.05, 3.63) is 0 Å². The Morgan fingerprint density at radius 2 is 1.65 bits per heavy atom. The highest BCUT2D eigenvalue weighted by Crippen LogP contribution is 2.33. The van der Waals surface area contributed by atoms with Gasteiger partial charge >= 0.3 is 5.97 Å². The van der Waals surface area contributed by atoms with Gasteiger partial charge in [-0.25, -0.2) is 0 Å². The van der Waals surface area contributed by atoms with Crippen molar-refractivity contribution in [1.29, 1.82) is 0 Å². The van der Waals surface area contributed by atoms with Crippen molar-refractivity contribution in [2.24, 2.45) is 11.8 Å². The van der Waals surface area contributed by atoms with E-state index < -0.39 is 5.97 Å². The van der Waals surface area contributed by atoms with Crippen LogP contribution < -0.4 is 5.32 Å². The molecule has 1 amide bonds. The fraction of sp³-hybridized carbons (Fsp3) is 0.846. The Bertz CT molecular complexity index is 315. The summed E-state index contributed by atoms with van der Waals surface area (Å²) in [6, 6.07) is 0. The van der Waals surface area contributed by atoms with Crippen LogP contribution >= 0.6 is 0 Å². The first-order chi connectivity index (χ1) is 8.00. The van der Waals surface area contributed by atoms with Crippen LogP contribution in [0.2, 0.25) is 0 Å². The third-order valence-electron chi connectivity index (χ3n) is 4.33. The molecule has 0 spiro atoms. The molecular formula is C13H21NO3. The van der Waals surface area contributed by atoms with E-state index >= 15 is 0 Å². The normalized spacial score (nSPS) is 31.4. The Labute approximate surface area is 102 Å². The lowest BCUT2D eigenvalue weighted by molar-refractivity contribution is -0.144. The van der Waals surface area contributed by atoms with E-state index in [1.165, 1.54) is 6.42 Å². The molecule has 0 radical (unpaired) electrons. The van der Waals surface area contributed by atoms with E-state index in [1.807, 2.05) is 0 Å². The van der Waals surface area contributed by atoms with E-state index in [0.717, 1.165) is 25.7 Å². The Morgan fingerprint density at radius 1 is 1.12 bits per heavy atom. The van der Waals surface area contributed by atoms with E-state index in [4.69, 9.17) is 5.11 Å². The number of amides is 1. The summed E-state index contributed by atoms with van der Waals surface area (Å²) in [6.45, 7) is 2.09. The molecule has 0 aromatic rings. The number of carbonyl (C=O) groups is 2. The molecule has 17 heavy (non-hydrogen) atoms. The van der Waals surface area contributed by atoms with Gasteiger partial charge in [0.15, 0.2) is 0 Å². The van der Waals surface area contributed by atoms with E-state index in [9.17, 15) is 9.59 Å². The summed E-state index contributed by atoms with van der Waals surface area (Å²) in [7, 11) is 0. The molecule has 2 rings (SSSR count). The maximum Gasteiger partial charge on any atom is 0.306 e. The molecule has 0 heterocycles. The van der Waals surface area contributed by atoms with Crippen LogP contribution in [0.4, 0.5) is 0 Å². The first-order valence-electron chi connectivity index (χ1n) is 6.55. The number of hydrogen-bond donors (Lipinski definition) is 2. The molecule has 4 nitrogen and oxygen atoms in total. The lowest BCUT2D eigenvalue weighted by atomic mass is 9.77. The van der Waals surface area contributed by atoms with Gasteiger partial charge in [-0.1, -0.05) is 0 Å². The van der Waals surface area contributed by atoms with Crippen LogP contribution in [0.15, 0.2) is 0 Å². The monoisotopic (exact) mass is 239 g/mol. The van der Waals surface area contributed by atoms with Crippen molar-refractivity contribution in [2.45, 2.75) is 57.4 Å². The Kier molecular flexibility index (Phi) is 3.40. The van der Waals surface area contributed by atoms with Crippen molar-refractivity contribution in [1.82, 2.24) is 5.32 Å². The fourth-order valence-electron chi connectivity index (χ4n) is 2.83. The second-order valence-corrected chi connectivity index (χ2v) is 5.79. The lowest BCUT2D eigenvalue weighted by Gasteiger charge is -2.40. The average molecular weight is 239 g/mol. The largest absolute Gasteiger partial charge is 0.481 e. The standard InChI is InChI=1S/C13H21NO3/c1-13(7-2-8-13)14-11(15)9-3-5-10(6-4-9)12(16)17/h9-10H,2-8H2,1H3,(H,14,15)(H,16,17). The van der Waals surface area contributed by atoms with Crippen LogP contribution in [0.5, 0.6) is 0 Å². The zero-order valence-electron chi connectivity index (χ0n) is 10.4. The molecule has 0 atom stereocenters. The molecule has 96 valence electrons. The van der Waals surface area contributed by atoms with E-state index in [-0.39, 0.29) is 23.3 Å². The number of hydrogen-bond acceptors (Lipinski definition) is 2. The summed E-state index contributed by atoms with van der Waals surface area (Å²) in [5.41, 5.74) is 0.0146. The Hall–Kier alpha value is -1.06.